The third-order valence-corrected chi connectivity index (χ3v) is 20.4. The molecule has 42 nitrogen and oxygen atoms in total. The van der Waals surface area contributed by atoms with Crippen LogP contribution in [0, 0.1) is 49.3 Å². The third-order valence-electron chi connectivity index (χ3n) is 19.7. The Bertz CT molecular complexity index is 6040. The number of phenols is 4. The number of hydrogen-bond donors (Lipinski definition) is 26. The minimum atomic E-state index is -2.30. The van der Waals surface area contributed by atoms with E-state index in [1.165, 1.54) is 56.5 Å². The summed E-state index contributed by atoms with van der Waals surface area (Å²) in [4.78, 5) is 118. The summed E-state index contributed by atoms with van der Waals surface area (Å²) < 4.78 is 70.0. The largest absolute Gasteiger partial charge is 0.504 e. The second-order valence-corrected chi connectivity index (χ2v) is 32.2. The van der Waals surface area contributed by atoms with Crippen molar-refractivity contribution in [1.29, 1.82) is 0 Å². The number of H-pyrrole nitrogens is 1. The molecule has 0 radical (unpaired) electrons. The lowest BCUT2D eigenvalue weighted by molar-refractivity contribution is -0.385. The predicted octanol–water partition coefficient (Wildman–Crippen LogP) is 7.71. The van der Waals surface area contributed by atoms with E-state index in [2.05, 4.69) is 20.9 Å². The van der Waals surface area contributed by atoms with E-state index in [0.29, 0.717) is 54.0 Å². The van der Waals surface area contributed by atoms with Gasteiger partial charge < -0.3 is 143 Å². The number of non-ortho nitro benzene ring substituents is 1. The highest BCUT2D eigenvalue weighted by Gasteiger charge is 2.36. The van der Waals surface area contributed by atoms with Crippen molar-refractivity contribution < 1.29 is 161 Å². The first-order chi connectivity index (χ1) is 66.3. The Kier molecular flexibility index (Phi) is 54.2. The zero-order chi connectivity index (χ0) is 108. The SMILES string of the molecule is CC(N)(Cc1ccc(Cl)cc1)C(=O)O.COc1cc(CC(N)C(=O)O)ccc1O.NC(C(=O)O)C(O)c1ccc([N+](=O)[O-])cc1.NC(Cc1c(F)c(F)c(F)c(F)c1F)C(=O)O.NC(Cc1c[nH]c2ccc(Br)cc12)C(=O)O.NC(Cc1ccc(CO)cc1)C(=O)O.NC(Cc1ccc(O)c([N+](=O)[O-])c1)C(=O)O.NC(Cc1ccccc1)(Cc1ccccc1)C(=O)O.N[C@H](C(=O)O)C(O)c1ccc(O)c(O)c1.S.S. The number of nitro groups is 2. The number of fused-ring (bicyclic) bond motifs is 1. The standard InChI is InChI=1S/C16H17NO2.C11H11BrN2O2.C10H12ClNO2.C10H13NO4.C10H13NO3.C9H6F5NO2.2C9H10N2O5.C9H11NO5.2H2S/c17-16(15(18)19,11-13-7-3-1-4-8-13)12-14-9-5-2-6-10-14;12-7-1-2-10-8(4-7)6(5-14-10)3-9(13)11(15)16;1-10(12,9(13)14)6-7-2-4-8(11)5-3-7;1-15-9-5-6(2-3-8(9)12)4-7(11)10(13)14;11-9(10(13)14)5-7-1-3-8(6-12)4-2-7;10-4-2(1-3(15)9(16)17)5(11)7(13)8(14)6(4)12;10-7(9(13)14)8(12)5-1-3-6(4-2-5)11(15)16;10-6(9(13)14)3-5-1-2-8(12)7(4-5)11(15)16;10-7(9(14)15)8(13)4-1-2-5(11)6(12)3-4;;/h1-10H,11-12,17H2,(H,18,19);1-2,4-5,9,14H,3,13H2,(H,15,16);2-5H,6,12H2,1H3,(H,13,14);2-3,5,7,12H,4,11H2,1H3,(H,13,14);1-4,9,12H,5-6,11H2,(H,13,14);3H,1,15H2,(H,16,17);1-4,7-8,12H,10H2,(H,13,14);1-2,4,6,12H,3,10H2,(H,13,14);1-3,7-8,11-13H,10H2,(H,14,15);2*1H2/t;;;;;;;;7-,8?;;/m........0../s1. The van der Waals surface area contributed by atoms with Crippen LogP contribution in [0.5, 0.6) is 28.7 Å². The van der Waals surface area contributed by atoms with Crippen molar-refractivity contribution >= 4 is 131 Å². The van der Waals surface area contributed by atoms with Gasteiger partial charge in [-0.05, 0) is 155 Å². The van der Waals surface area contributed by atoms with E-state index >= 15 is 0 Å². The lowest BCUT2D eigenvalue weighted by atomic mass is 9.86. The molecule has 0 bridgehead atoms. The Morgan fingerprint density at radius 1 is 0.431 bits per heavy atom. The van der Waals surface area contributed by atoms with Gasteiger partial charge in [-0.3, -0.25) is 63.4 Å². The van der Waals surface area contributed by atoms with Crippen LogP contribution in [0.4, 0.5) is 33.3 Å². The maximum Gasteiger partial charge on any atom is 0.324 e. The Morgan fingerprint density at radius 3 is 1.22 bits per heavy atom. The van der Waals surface area contributed by atoms with Gasteiger partial charge in [0.2, 0.25) is 5.82 Å². The zero-order valence-electron chi connectivity index (χ0n) is 75.9. The molecule has 9 unspecified atom stereocenters. The number of aromatic amines is 1. The van der Waals surface area contributed by atoms with Crippen LogP contribution in [0.2, 0.25) is 5.02 Å². The number of carboxylic acid groups (broad SMARTS) is 9. The molecule has 10 atom stereocenters. The highest BCUT2D eigenvalue weighted by Crippen LogP contribution is 2.32. The molecule has 0 aliphatic rings. The predicted molar refractivity (Wildman–Crippen MR) is 526 cm³/mol. The van der Waals surface area contributed by atoms with Gasteiger partial charge in [-0.25, -0.2) is 22.0 Å². The van der Waals surface area contributed by atoms with Crippen molar-refractivity contribution in [3.63, 3.8) is 0 Å². The van der Waals surface area contributed by atoms with Gasteiger partial charge in [0.25, 0.3) is 5.69 Å². The van der Waals surface area contributed by atoms with E-state index < -0.39 is 187 Å². The van der Waals surface area contributed by atoms with E-state index in [1.54, 1.807) is 66.9 Å². The molecule has 0 amide bonds. The number of nitrogens with one attached hydrogen (secondary N) is 1. The van der Waals surface area contributed by atoms with Crippen molar-refractivity contribution in [1.82, 2.24) is 4.98 Å². The molecule has 51 heteroatoms. The van der Waals surface area contributed by atoms with Gasteiger partial charge in [0, 0.05) is 82.5 Å². The van der Waals surface area contributed by atoms with Gasteiger partial charge in [0.1, 0.15) is 65.6 Å². The van der Waals surface area contributed by atoms with E-state index in [0.717, 1.165) is 73.0 Å². The van der Waals surface area contributed by atoms with Crippen LogP contribution in [0.25, 0.3) is 10.9 Å². The van der Waals surface area contributed by atoms with E-state index in [1.807, 2.05) is 78.9 Å². The summed E-state index contributed by atoms with van der Waals surface area (Å²) in [5.74, 6) is -22.1. The molecule has 0 saturated heterocycles. The molecular weight excluding hydrogens is 2040 g/mol. The molecule has 10 aromatic carbocycles. The molecule has 35 N–H and O–H groups in total. The topological polar surface area (TPSA) is 823 Å². The molecule has 780 valence electrons. The molecule has 11 aromatic rings. The lowest BCUT2D eigenvalue weighted by Gasteiger charge is -2.25. The normalized spacial score (nSPS) is 12.7. The summed E-state index contributed by atoms with van der Waals surface area (Å²) >= 11 is 9.08. The number of aliphatic hydroxyl groups is 3. The molecule has 1 heterocycles. The minimum Gasteiger partial charge on any atom is -0.504 e. The maximum atomic E-state index is 13.1. The van der Waals surface area contributed by atoms with Gasteiger partial charge >= 0.3 is 59.4 Å². The van der Waals surface area contributed by atoms with Crippen molar-refractivity contribution in [2.24, 2.45) is 51.6 Å². The molecule has 0 aliphatic carbocycles. The second kappa shape index (κ2) is 61.3. The van der Waals surface area contributed by atoms with Gasteiger partial charge in [0.15, 0.2) is 52.0 Å². The average molecular weight is 2150 g/mol. The molecule has 0 fully saturated rings. The van der Waals surface area contributed by atoms with Crippen molar-refractivity contribution in [2.75, 3.05) is 7.11 Å². The number of carbonyl (C=O) groups is 9. The number of methoxy groups -OCH3 is 1. The van der Waals surface area contributed by atoms with Crippen LogP contribution in [0.15, 0.2) is 217 Å². The number of aromatic hydroxyl groups is 4. The van der Waals surface area contributed by atoms with Gasteiger partial charge in [-0.1, -0.05) is 143 Å². The monoisotopic (exact) mass is 2140 g/mol. The fraction of sp³-hybridized carbons (Fsp3) is 0.237. The molecule has 144 heavy (non-hydrogen) atoms. The number of phenolic OH excluding ortho intramolecular Hbond substituents is 4. The molecule has 1 aromatic heterocycles. The first-order valence-electron chi connectivity index (χ1n) is 41.0. The Morgan fingerprint density at radius 2 is 0.812 bits per heavy atom. The summed E-state index contributed by atoms with van der Waals surface area (Å²) in [6.07, 6.45) is -0.293. The van der Waals surface area contributed by atoms with E-state index in [9.17, 15) is 106 Å². The highest BCUT2D eigenvalue weighted by molar-refractivity contribution is 9.10. The summed E-state index contributed by atoms with van der Waals surface area (Å²) in [6, 6.07) is 47.0. The van der Waals surface area contributed by atoms with Gasteiger partial charge in [-0.2, -0.15) is 27.0 Å². The number of aliphatic carboxylic acids is 9. The van der Waals surface area contributed by atoms with Crippen molar-refractivity contribution in [2.45, 2.75) is 130 Å². The smallest absolute Gasteiger partial charge is 0.324 e. The number of benzene rings is 10. The average Bonchev–Trinajstić information content (AvgIpc) is 0.869. The van der Waals surface area contributed by atoms with Crippen LogP contribution in [0.1, 0.15) is 80.3 Å². The van der Waals surface area contributed by atoms with Crippen molar-refractivity contribution in [3.05, 3.63) is 332 Å². The van der Waals surface area contributed by atoms with Gasteiger partial charge in [0.05, 0.1) is 23.6 Å². The lowest BCUT2D eigenvalue weighted by Crippen LogP contribution is -2.51. The van der Waals surface area contributed by atoms with Crippen molar-refractivity contribution in [3.8, 4) is 28.7 Å². The molecular formula is C93H107BrClF5N12O30S2. The van der Waals surface area contributed by atoms with E-state index in [4.69, 9.17) is 129 Å². The quantitative estimate of drug-likeness (QED) is 0.00467. The third kappa shape index (κ3) is 42.3. The first-order valence-corrected chi connectivity index (χ1v) is 42.1. The fourth-order valence-electron chi connectivity index (χ4n) is 11.7. The number of nitro benzene ring substituents is 2. The number of rotatable bonds is 33. The number of hydrogen-bond acceptors (Lipinski definition) is 30. The summed E-state index contributed by atoms with van der Waals surface area (Å²) in [6.45, 7) is 1.48. The fourth-order valence-corrected chi connectivity index (χ4v) is 12.2. The second-order valence-electron chi connectivity index (χ2n) is 30.9. The summed E-state index contributed by atoms with van der Waals surface area (Å²) in [5, 5.41) is 165. The van der Waals surface area contributed by atoms with E-state index in [-0.39, 0.29) is 74.8 Å². The number of aliphatic hydroxyl groups excluding tert-OH is 3. The number of aromatic nitrogens is 1. The highest BCUT2D eigenvalue weighted by atomic mass is 79.9. The molecule has 0 spiro atoms. The van der Waals surface area contributed by atoms with Gasteiger partial charge in [-0.15, -0.1) is 0 Å². The molecule has 11 rings (SSSR count). The van der Waals surface area contributed by atoms with Crippen LogP contribution < -0.4 is 56.3 Å². The summed E-state index contributed by atoms with van der Waals surface area (Å²) in [5.41, 5.74) is 52.0. The van der Waals surface area contributed by atoms with Crippen LogP contribution >= 0.6 is 54.5 Å². The number of halogens is 7. The molecule has 0 saturated carbocycles. The summed E-state index contributed by atoms with van der Waals surface area (Å²) in [7, 11) is 1.43. The Labute approximate surface area is 842 Å². The number of nitrogens with zero attached hydrogens (tertiary/aromatic N) is 2. The Balaban J connectivity index is 0.000000810. The minimum absolute atomic E-state index is 0. The van der Waals surface area contributed by atoms with Crippen LogP contribution in [-0.2, 0) is 101 Å². The number of carboxylic acids is 9. The molecule has 0 aliphatic heterocycles. The maximum absolute atomic E-state index is 13.1. The number of ether oxygens (including phenoxy) is 1. The first kappa shape index (κ1) is 127. The van der Waals surface area contributed by atoms with Crippen LogP contribution in [0.3, 0.4) is 0 Å². The zero-order valence-corrected chi connectivity index (χ0v) is 80.2. The number of nitrogens with two attached hydrogens (primary N) is 9. The Hall–Kier alpha value is -14.6. The van der Waals surface area contributed by atoms with Crippen LogP contribution in [-0.4, -0.2) is 211 Å².